The molecule has 6 nitrogen and oxygen atoms in total. The van der Waals surface area contributed by atoms with E-state index < -0.39 is 6.61 Å². The summed E-state index contributed by atoms with van der Waals surface area (Å²) in [4.78, 5) is 26.3. The van der Waals surface area contributed by atoms with Crippen molar-refractivity contribution < 1.29 is 27.5 Å². The Labute approximate surface area is 148 Å². The fourth-order valence-electron chi connectivity index (χ4n) is 2.88. The molecule has 0 unspecified atom stereocenters. The van der Waals surface area contributed by atoms with E-state index in [1.807, 2.05) is 0 Å². The molecule has 1 aromatic heterocycles. The summed E-state index contributed by atoms with van der Waals surface area (Å²) in [6.07, 6.45) is 4.09. The first kappa shape index (κ1) is 17.9. The van der Waals surface area contributed by atoms with E-state index in [9.17, 15) is 18.4 Å². The molecular formula is C18H18F2N2O4. The summed E-state index contributed by atoms with van der Waals surface area (Å²) < 4.78 is 33.8. The fourth-order valence-corrected chi connectivity index (χ4v) is 2.88. The molecule has 1 aromatic carbocycles. The van der Waals surface area contributed by atoms with Crippen LogP contribution in [0, 0.1) is 0 Å². The normalized spacial score (nSPS) is 15.1. The van der Waals surface area contributed by atoms with Gasteiger partial charge in [-0.05, 0) is 37.1 Å². The molecule has 1 aliphatic heterocycles. The predicted molar refractivity (Wildman–Crippen MR) is 88.2 cm³/mol. The monoisotopic (exact) mass is 364 g/mol. The zero-order valence-electron chi connectivity index (χ0n) is 13.9. The Hall–Kier alpha value is -2.90. The number of rotatable bonds is 5. The smallest absolute Gasteiger partial charge is 0.387 e. The van der Waals surface area contributed by atoms with Gasteiger partial charge in [-0.15, -0.1) is 0 Å². The molecule has 2 heterocycles. The second-order valence-electron chi connectivity index (χ2n) is 5.96. The minimum absolute atomic E-state index is 0.0619. The number of carbonyl (C=O) groups is 2. The molecule has 0 radical (unpaired) electrons. The van der Waals surface area contributed by atoms with Gasteiger partial charge in [0.25, 0.3) is 11.8 Å². The molecule has 1 saturated heterocycles. The second kappa shape index (κ2) is 7.99. The number of nitrogens with one attached hydrogen (secondary N) is 1. The van der Waals surface area contributed by atoms with Gasteiger partial charge in [-0.25, -0.2) is 0 Å². The van der Waals surface area contributed by atoms with E-state index in [1.165, 1.54) is 36.8 Å². The molecule has 0 saturated carbocycles. The molecule has 2 amide bonds. The lowest BCUT2D eigenvalue weighted by atomic mass is 10.0. The van der Waals surface area contributed by atoms with Crippen LogP contribution in [0.5, 0.6) is 5.75 Å². The number of furan rings is 1. The topological polar surface area (TPSA) is 71.8 Å². The molecule has 0 atom stereocenters. The van der Waals surface area contributed by atoms with E-state index >= 15 is 0 Å². The summed E-state index contributed by atoms with van der Waals surface area (Å²) in [6, 6.07) is 7.19. The first-order valence-electron chi connectivity index (χ1n) is 8.20. The first-order valence-corrected chi connectivity index (χ1v) is 8.20. The molecule has 0 aliphatic carbocycles. The average molecular weight is 364 g/mol. The molecule has 8 heteroatoms. The molecule has 0 spiro atoms. The van der Waals surface area contributed by atoms with E-state index in [4.69, 9.17) is 4.42 Å². The molecule has 1 fully saturated rings. The highest BCUT2D eigenvalue weighted by Gasteiger charge is 2.25. The lowest BCUT2D eigenvalue weighted by molar-refractivity contribution is -0.0498. The Morgan fingerprint density at radius 2 is 1.96 bits per heavy atom. The van der Waals surface area contributed by atoms with Gasteiger partial charge < -0.3 is 19.4 Å². The third-order valence-corrected chi connectivity index (χ3v) is 4.21. The van der Waals surface area contributed by atoms with E-state index in [-0.39, 0.29) is 29.2 Å². The Bertz CT molecular complexity index is 756. The van der Waals surface area contributed by atoms with Crippen LogP contribution in [0.2, 0.25) is 0 Å². The Morgan fingerprint density at radius 3 is 2.62 bits per heavy atom. The van der Waals surface area contributed by atoms with Crippen LogP contribution in [-0.4, -0.2) is 42.5 Å². The predicted octanol–water partition coefficient (Wildman–Crippen LogP) is 2.92. The number of hydrogen-bond acceptors (Lipinski definition) is 4. The number of halogens is 2. The maximum absolute atomic E-state index is 12.3. The SMILES string of the molecule is O=C(NC1CCN(C(=O)c2ccoc2)CC1)c1cccc(OC(F)F)c1. The Balaban J connectivity index is 1.53. The zero-order chi connectivity index (χ0) is 18.5. The molecule has 3 rings (SSSR count). The van der Waals surface area contributed by atoms with Crippen LogP contribution in [0.4, 0.5) is 8.78 Å². The van der Waals surface area contributed by atoms with Crippen molar-refractivity contribution in [2.75, 3.05) is 13.1 Å². The van der Waals surface area contributed by atoms with Gasteiger partial charge in [0.05, 0.1) is 11.8 Å². The van der Waals surface area contributed by atoms with Gasteiger partial charge in [0.2, 0.25) is 0 Å². The van der Waals surface area contributed by atoms with Gasteiger partial charge in [-0.1, -0.05) is 6.07 Å². The summed E-state index contributed by atoms with van der Waals surface area (Å²) in [5, 5.41) is 2.87. The molecule has 1 aliphatic rings. The summed E-state index contributed by atoms with van der Waals surface area (Å²) in [5.74, 6) is -0.516. The number of amides is 2. The summed E-state index contributed by atoms with van der Waals surface area (Å²) >= 11 is 0. The van der Waals surface area contributed by atoms with Gasteiger partial charge in [0.1, 0.15) is 12.0 Å². The first-order chi connectivity index (χ1) is 12.5. The quantitative estimate of drug-likeness (QED) is 0.886. The van der Waals surface area contributed by atoms with E-state index in [2.05, 4.69) is 10.1 Å². The summed E-state index contributed by atoms with van der Waals surface area (Å²) in [6.45, 7) is -1.90. The highest BCUT2D eigenvalue weighted by Crippen LogP contribution is 2.18. The maximum atomic E-state index is 12.3. The minimum Gasteiger partial charge on any atom is -0.472 e. The van der Waals surface area contributed by atoms with Crippen molar-refractivity contribution in [2.24, 2.45) is 0 Å². The number of ether oxygens (including phenoxy) is 1. The van der Waals surface area contributed by atoms with Gasteiger partial charge in [0.15, 0.2) is 0 Å². The summed E-state index contributed by atoms with van der Waals surface area (Å²) in [5.41, 5.74) is 0.753. The van der Waals surface area contributed by atoms with Crippen molar-refractivity contribution in [3.05, 3.63) is 54.0 Å². The average Bonchev–Trinajstić information content (AvgIpc) is 3.16. The van der Waals surface area contributed by atoms with Crippen molar-refractivity contribution in [2.45, 2.75) is 25.5 Å². The van der Waals surface area contributed by atoms with Crippen LogP contribution in [0.1, 0.15) is 33.6 Å². The highest BCUT2D eigenvalue weighted by atomic mass is 19.3. The van der Waals surface area contributed by atoms with Gasteiger partial charge in [-0.2, -0.15) is 8.78 Å². The lowest BCUT2D eigenvalue weighted by Gasteiger charge is -2.32. The van der Waals surface area contributed by atoms with Crippen LogP contribution in [0.15, 0.2) is 47.3 Å². The van der Waals surface area contributed by atoms with E-state index in [0.29, 0.717) is 31.5 Å². The molecule has 1 N–H and O–H groups in total. The van der Waals surface area contributed by atoms with E-state index in [0.717, 1.165) is 0 Å². The lowest BCUT2D eigenvalue weighted by Crippen LogP contribution is -2.46. The van der Waals surface area contributed by atoms with Crippen molar-refractivity contribution in [3.8, 4) is 5.75 Å². The maximum Gasteiger partial charge on any atom is 0.387 e. The molecule has 2 aromatic rings. The number of alkyl halides is 2. The van der Waals surface area contributed by atoms with Gasteiger partial charge in [-0.3, -0.25) is 9.59 Å². The molecule has 138 valence electrons. The fraction of sp³-hybridized carbons (Fsp3) is 0.333. The summed E-state index contributed by atoms with van der Waals surface area (Å²) in [7, 11) is 0. The number of nitrogens with zero attached hydrogens (tertiary/aromatic N) is 1. The van der Waals surface area contributed by atoms with Crippen LogP contribution < -0.4 is 10.1 Å². The van der Waals surface area contributed by atoms with Crippen molar-refractivity contribution in [1.82, 2.24) is 10.2 Å². The number of benzene rings is 1. The van der Waals surface area contributed by atoms with Crippen molar-refractivity contribution >= 4 is 11.8 Å². The number of hydrogen-bond donors (Lipinski definition) is 1. The van der Waals surface area contributed by atoms with Crippen molar-refractivity contribution in [1.29, 1.82) is 0 Å². The molecular weight excluding hydrogens is 346 g/mol. The van der Waals surface area contributed by atoms with Gasteiger partial charge >= 0.3 is 6.61 Å². The third-order valence-electron chi connectivity index (χ3n) is 4.21. The van der Waals surface area contributed by atoms with Crippen LogP contribution in [0.25, 0.3) is 0 Å². The molecule has 0 bridgehead atoms. The Morgan fingerprint density at radius 1 is 1.19 bits per heavy atom. The standard InChI is InChI=1S/C18H18F2N2O4/c19-18(20)26-15-3-1-2-12(10-15)16(23)21-14-4-7-22(8-5-14)17(24)13-6-9-25-11-13/h1-3,6,9-11,14,18H,4-5,7-8H2,(H,21,23). The number of likely N-dealkylation sites (tertiary alicyclic amines) is 1. The van der Waals surface area contributed by atoms with Crippen LogP contribution in [-0.2, 0) is 0 Å². The van der Waals surface area contributed by atoms with Crippen molar-refractivity contribution in [3.63, 3.8) is 0 Å². The van der Waals surface area contributed by atoms with Crippen LogP contribution in [0.3, 0.4) is 0 Å². The second-order valence-corrected chi connectivity index (χ2v) is 5.96. The highest BCUT2D eigenvalue weighted by molar-refractivity contribution is 5.95. The largest absolute Gasteiger partial charge is 0.472 e. The van der Waals surface area contributed by atoms with Gasteiger partial charge in [0, 0.05) is 24.7 Å². The Kier molecular flexibility index (Phi) is 5.50. The minimum atomic E-state index is -2.94. The number of piperidine rings is 1. The van der Waals surface area contributed by atoms with E-state index in [1.54, 1.807) is 11.0 Å². The third kappa shape index (κ3) is 4.38. The van der Waals surface area contributed by atoms with Crippen LogP contribution >= 0.6 is 0 Å². The zero-order valence-corrected chi connectivity index (χ0v) is 13.9. The molecule has 26 heavy (non-hydrogen) atoms. The number of carbonyl (C=O) groups excluding carboxylic acids is 2.